The van der Waals surface area contributed by atoms with E-state index in [1.165, 1.54) is 0 Å². The number of furan rings is 1. The molecule has 1 aliphatic heterocycles. The highest BCUT2D eigenvalue weighted by Gasteiger charge is 2.25. The fraction of sp³-hybridized carbons (Fsp3) is 0.217. The number of piperazine rings is 1. The van der Waals surface area contributed by atoms with Crippen LogP contribution in [0.1, 0.15) is 10.5 Å². The Morgan fingerprint density at radius 2 is 1.71 bits per heavy atom. The summed E-state index contributed by atoms with van der Waals surface area (Å²) in [4.78, 5) is 17.1. The zero-order valence-electron chi connectivity index (χ0n) is 17.2. The summed E-state index contributed by atoms with van der Waals surface area (Å²) < 4.78 is 7.02. The molecule has 0 radical (unpaired) electrons. The van der Waals surface area contributed by atoms with Crippen LogP contribution in [0.3, 0.4) is 0 Å². The van der Waals surface area contributed by atoms with Crippen molar-refractivity contribution in [3.05, 3.63) is 72.6 Å². The van der Waals surface area contributed by atoms with Crippen LogP contribution >= 0.6 is 0 Å². The van der Waals surface area contributed by atoms with Crippen molar-refractivity contribution in [3.63, 3.8) is 0 Å². The first kappa shape index (κ1) is 19.0. The van der Waals surface area contributed by atoms with Gasteiger partial charge >= 0.3 is 0 Å². The molecule has 8 heteroatoms. The van der Waals surface area contributed by atoms with Gasteiger partial charge < -0.3 is 14.2 Å². The van der Waals surface area contributed by atoms with Crippen LogP contribution in [0.5, 0.6) is 0 Å². The van der Waals surface area contributed by atoms with E-state index in [4.69, 9.17) is 4.42 Å². The van der Waals surface area contributed by atoms with Crippen molar-refractivity contribution in [3.8, 4) is 22.7 Å². The minimum absolute atomic E-state index is 0.00363. The predicted molar refractivity (Wildman–Crippen MR) is 116 cm³/mol. The van der Waals surface area contributed by atoms with Crippen molar-refractivity contribution in [1.29, 1.82) is 0 Å². The quantitative estimate of drug-likeness (QED) is 0.511. The van der Waals surface area contributed by atoms with Gasteiger partial charge in [-0.3, -0.25) is 9.48 Å². The van der Waals surface area contributed by atoms with Crippen LogP contribution in [-0.2, 0) is 7.05 Å². The average Bonchev–Trinajstić information content (AvgIpc) is 3.50. The Bertz CT molecular complexity index is 1160. The van der Waals surface area contributed by atoms with E-state index in [2.05, 4.69) is 20.2 Å². The molecule has 1 fully saturated rings. The smallest absolute Gasteiger partial charge is 0.272 e. The molecule has 4 aromatic rings. The first-order valence-corrected chi connectivity index (χ1v) is 10.2. The molecule has 1 aliphatic rings. The molecule has 0 saturated carbocycles. The second-order valence-electron chi connectivity index (χ2n) is 7.44. The molecule has 3 aromatic heterocycles. The Hall–Kier alpha value is -3.94. The fourth-order valence-corrected chi connectivity index (χ4v) is 3.77. The highest BCUT2D eigenvalue weighted by atomic mass is 16.3. The van der Waals surface area contributed by atoms with Gasteiger partial charge in [-0.15, -0.1) is 10.2 Å². The average molecular weight is 414 g/mol. The largest absolute Gasteiger partial charge is 0.463 e. The van der Waals surface area contributed by atoms with Gasteiger partial charge in [0.05, 0.1) is 12.0 Å². The number of carbonyl (C=O) groups is 1. The van der Waals surface area contributed by atoms with E-state index in [1.807, 2.05) is 72.6 Å². The van der Waals surface area contributed by atoms with Gasteiger partial charge in [0.2, 0.25) is 0 Å². The summed E-state index contributed by atoms with van der Waals surface area (Å²) >= 11 is 0. The molecule has 8 nitrogen and oxygen atoms in total. The van der Waals surface area contributed by atoms with Crippen LogP contribution < -0.4 is 4.90 Å². The lowest BCUT2D eigenvalue weighted by atomic mass is 10.1. The summed E-state index contributed by atoms with van der Waals surface area (Å²) in [5.74, 6) is 1.49. The number of amides is 1. The van der Waals surface area contributed by atoms with E-state index >= 15 is 0 Å². The van der Waals surface area contributed by atoms with Crippen molar-refractivity contribution in [2.24, 2.45) is 7.05 Å². The predicted octanol–water partition coefficient (Wildman–Crippen LogP) is 3.10. The topological polar surface area (TPSA) is 80.3 Å². The van der Waals surface area contributed by atoms with Crippen LogP contribution in [0.2, 0.25) is 0 Å². The van der Waals surface area contributed by atoms with Crippen molar-refractivity contribution in [1.82, 2.24) is 24.9 Å². The molecular weight excluding hydrogens is 392 g/mol. The number of hydrogen-bond acceptors (Lipinski definition) is 6. The zero-order chi connectivity index (χ0) is 21.2. The lowest BCUT2D eigenvalue weighted by Crippen LogP contribution is -2.49. The van der Waals surface area contributed by atoms with Gasteiger partial charge in [-0.2, -0.15) is 5.10 Å². The Morgan fingerprint density at radius 3 is 2.39 bits per heavy atom. The molecule has 0 aliphatic carbocycles. The Morgan fingerprint density at radius 1 is 0.903 bits per heavy atom. The molecule has 156 valence electrons. The van der Waals surface area contributed by atoms with E-state index in [-0.39, 0.29) is 5.91 Å². The van der Waals surface area contributed by atoms with Crippen LogP contribution in [0, 0.1) is 0 Å². The number of rotatable bonds is 4. The van der Waals surface area contributed by atoms with Gasteiger partial charge in [0.25, 0.3) is 5.91 Å². The summed E-state index contributed by atoms with van der Waals surface area (Å²) in [6.07, 6.45) is 1.62. The van der Waals surface area contributed by atoms with Gasteiger partial charge in [-0.1, -0.05) is 30.3 Å². The van der Waals surface area contributed by atoms with E-state index in [1.54, 1.807) is 10.9 Å². The number of nitrogens with zero attached hydrogens (tertiary/aromatic N) is 6. The Kier molecular flexibility index (Phi) is 4.95. The van der Waals surface area contributed by atoms with E-state index in [0.717, 1.165) is 17.1 Å². The molecule has 1 amide bonds. The molecule has 31 heavy (non-hydrogen) atoms. The van der Waals surface area contributed by atoms with Crippen LogP contribution in [-0.4, -0.2) is 57.0 Å². The first-order chi connectivity index (χ1) is 15.2. The third-order valence-electron chi connectivity index (χ3n) is 5.48. The summed E-state index contributed by atoms with van der Waals surface area (Å²) in [5, 5.41) is 13.1. The third-order valence-corrected chi connectivity index (χ3v) is 5.48. The maximum atomic E-state index is 13.1. The van der Waals surface area contributed by atoms with Crippen molar-refractivity contribution in [2.45, 2.75) is 0 Å². The standard InChI is InChI=1S/C23H22N6O2/c1-27-20(16-19(26-27)17-6-3-2-4-7-17)23(30)29-13-11-28(12-14-29)22-10-9-18(24-25-22)21-8-5-15-31-21/h2-10,15-16H,11-14H2,1H3. The fourth-order valence-electron chi connectivity index (χ4n) is 3.77. The summed E-state index contributed by atoms with van der Waals surface area (Å²) in [6, 6.07) is 19.3. The van der Waals surface area contributed by atoms with Gasteiger partial charge in [-0.05, 0) is 30.3 Å². The second-order valence-corrected chi connectivity index (χ2v) is 7.44. The Balaban J connectivity index is 1.24. The molecular formula is C23H22N6O2. The molecule has 0 atom stereocenters. The molecule has 1 saturated heterocycles. The molecule has 0 spiro atoms. The SMILES string of the molecule is Cn1nc(-c2ccccc2)cc1C(=O)N1CCN(c2ccc(-c3ccco3)nn2)CC1. The Labute approximate surface area is 179 Å². The van der Waals surface area contributed by atoms with E-state index in [9.17, 15) is 4.79 Å². The zero-order valence-corrected chi connectivity index (χ0v) is 17.2. The lowest BCUT2D eigenvalue weighted by molar-refractivity contribution is 0.0735. The van der Waals surface area contributed by atoms with Crippen LogP contribution in [0.15, 0.2) is 71.3 Å². The van der Waals surface area contributed by atoms with Crippen LogP contribution in [0.25, 0.3) is 22.7 Å². The minimum Gasteiger partial charge on any atom is -0.463 e. The lowest BCUT2D eigenvalue weighted by Gasteiger charge is -2.35. The number of aryl methyl sites for hydroxylation is 1. The minimum atomic E-state index is -0.00363. The number of anilines is 1. The van der Waals surface area contributed by atoms with Crippen LogP contribution in [0.4, 0.5) is 5.82 Å². The number of carbonyl (C=O) groups excluding carboxylic acids is 1. The van der Waals surface area contributed by atoms with Gasteiger partial charge in [-0.25, -0.2) is 0 Å². The number of hydrogen-bond donors (Lipinski definition) is 0. The van der Waals surface area contributed by atoms with Gasteiger partial charge in [0.15, 0.2) is 11.6 Å². The maximum absolute atomic E-state index is 13.1. The van der Waals surface area contributed by atoms with E-state index < -0.39 is 0 Å². The first-order valence-electron chi connectivity index (χ1n) is 10.2. The second kappa shape index (κ2) is 8.06. The normalized spacial score (nSPS) is 14.1. The third kappa shape index (κ3) is 3.79. The monoisotopic (exact) mass is 414 g/mol. The molecule has 0 N–H and O–H groups in total. The molecule has 5 rings (SSSR count). The van der Waals surface area contributed by atoms with Crippen molar-refractivity contribution >= 4 is 11.7 Å². The summed E-state index contributed by atoms with van der Waals surface area (Å²) in [6.45, 7) is 2.63. The summed E-state index contributed by atoms with van der Waals surface area (Å²) in [5.41, 5.74) is 3.10. The highest BCUT2D eigenvalue weighted by molar-refractivity contribution is 5.94. The molecule has 0 bridgehead atoms. The highest BCUT2D eigenvalue weighted by Crippen LogP contribution is 2.22. The van der Waals surface area contributed by atoms with Gasteiger partial charge in [0, 0.05) is 38.8 Å². The maximum Gasteiger partial charge on any atom is 0.272 e. The summed E-state index contributed by atoms with van der Waals surface area (Å²) in [7, 11) is 1.81. The van der Waals surface area contributed by atoms with Crippen molar-refractivity contribution in [2.75, 3.05) is 31.1 Å². The van der Waals surface area contributed by atoms with Gasteiger partial charge in [0.1, 0.15) is 11.4 Å². The number of benzene rings is 1. The molecule has 4 heterocycles. The molecule has 0 unspecified atom stereocenters. The van der Waals surface area contributed by atoms with Crippen molar-refractivity contribution < 1.29 is 9.21 Å². The van der Waals surface area contributed by atoms with E-state index in [0.29, 0.717) is 43.3 Å². The number of aromatic nitrogens is 4. The molecule has 1 aromatic carbocycles.